The number of likely N-dealkylation sites (tertiary alicyclic amines) is 1. The molecule has 1 aliphatic heterocycles. The molecule has 4 heteroatoms. The third kappa shape index (κ3) is 1.56. The lowest BCUT2D eigenvalue weighted by Crippen LogP contribution is -2.28. The van der Waals surface area contributed by atoms with Gasteiger partial charge in [0, 0.05) is 13.1 Å². The van der Waals surface area contributed by atoms with Crippen molar-refractivity contribution in [3.05, 3.63) is 0 Å². The maximum atomic E-state index is 10.7. The zero-order chi connectivity index (χ0) is 9.42. The highest BCUT2D eigenvalue weighted by molar-refractivity contribution is 5.74. The van der Waals surface area contributed by atoms with E-state index < -0.39 is 5.97 Å². The Bertz CT molecular complexity index is 208. The molecular weight excluding hydrogens is 168 g/mol. The molecule has 2 fully saturated rings. The first-order valence-electron chi connectivity index (χ1n) is 4.89. The van der Waals surface area contributed by atoms with Crippen LogP contribution in [-0.2, 0) is 4.79 Å². The van der Waals surface area contributed by atoms with Gasteiger partial charge in [0.25, 0.3) is 0 Å². The quantitative estimate of drug-likeness (QED) is 0.623. The van der Waals surface area contributed by atoms with Crippen molar-refractivity contribution >= 4 is 5.97 Å². The molecule has 1 aliphatic carbocycles. The predicted molar refractivity (Wildman–Crippen MR) is 48.2 cm³/mol. The highest BCUT2D eigenvalue weighted by atomic mass is 16.4. The Hall–Kier alpha value is -0.610. The van der Waals surface area contributed by atoms with Crippen LogP contribution in [0.25, 0.3) is 0 Å². The molecule has 1 saturated heterocycles. The Morgan fingerprint density at radius 3 is 2.54 bits per heavy atom. The van der Waals surface area contributed by atoms with Crippen LogP contribution >= 0.6 is 0 Å². The number of piperidine rings is 1. The molecular formula is C9H16N2O2. The second-order valence-corrected chi connectivity index (χ2v) is 4.09. The van der Waals surface area contributed by atoms with Crippen molar-refractivity contribution in [1.29, 1.82) is 0 Å². The van der Waals surface area contributed by atoms with Crippen LogP contribution in [0.2, 0.25) is 0 Å². The number of nitrogens with zero attached hydrogens (tertiary/aromatic N) is 1. The van der Waals surface area contributed by atoms with Crippen molar-refractivity contribution in [3.8, 4) is 0 Å². The van der Waals surface area contributed by atoms with Crippen LogP contribution in [0.3, 0.4) is 0 Å². The zero-order valence-electron chi connectivity index (χ0n) is 7.65. The smallest absolute Gasteiger partial charge is 0.307 e. The van der Waals surface area contributed by atoms with Gasteiger partial charge in [-0.3, -0.25) is 4.79 Å². The summed E-state index contributed by atoms with van der Waals surface area (Å²) in [5.41, 5.74) is 5.41. The fourth-order valence-electron chi connectivity index (χ4n) is 2.48. The fraction of sp³-hybridized carbons (Fsp3) is 0.889. The molecule has 74 valence electrons. The maximum absolute atomic E-state index is 10.7. The molecule has 13 heavy (non-hydrogen) atoms. The van der Waals surface area contributed by atoms with Crippen molar-refractivity contribution in [1.82, 2.24) is 4.90 Å². The molecule has 1 saturated carbocycles. The van der Waals surface area contributed by atoms with Gasteiger partial charge in [-0.1, -0.05) is 0 Å². The van der Waals surface area contributed by atoms with Crippen molar-refractivity contribution in [2.24, 2.45) is 23.5 Å². The molecule has 0 amide bonds. The highest BCUT2D eigenvalue weighted by Crippen LogP contribution is 2.51. The minimum Gasteiger partial charge on any atom is -0.481 e. The summed E-state index contributed by atoms with van der Waals surface area (Å²) in [5, 5.41) is 8.78. The second kappa shape index (κ2) is 3.27. The number of carboxylic acids is 1. The lowest BCUT2D eigenvalue weighted by molar-refractivity contribution is -0.139. The summed E-state index contributed by atoms with van der Waals surface area (Å²) >= 11 is 0. The van der Waals surface area contributed by atoms with E-state index in [0.29, 0.717) is 11.8 Å². The average Bonchev–Trinajstić information content (AvgIpc) is 2.61. The summed E-state index contributed by atoms with van der Waals surface area (Å²) in [5.74, 6) is 0.244. The number of hydrogen-bond donors (Lipinski definition) is 2. The van der Waals surface area contributed by atoms with Gasteiger partial charge in [-0.05, 0) is 31.3 Å². The number of nitrogens with two attached hydrogens (primary N) is 1. The van der Waals surface area contributed by atoms with Gasteiger partial charge >= 0.3 is 5.97 Å². The van der Waals surface area contributed by atoms with Crippen LogP contribution < -0.4 is 5.73 Å². The van der Waals surface area contributed by atoms with Crippen LogP contribution in [0.4, 0.5) is 0 Å². The summed E-state index contributed by atoms with van der Waals surface area (Å²) in [4.78, 5) is 13.0. The fourth-order valence-corrected chi connectivity index (χ4v) is 2.48. The highest BCUT2D eigenvalue weighted by Gasteiger charge is 2.59. The van der Waals surface area contributed by atoms with E-state index in [1.807, 2.05) is 0 Å². The molecule has 0 aromatic heterocycles. The molecule has 1 heterocycles. The largest absolute Gasteiger partial charge is 0.481 e. The van der Waals surface area contributed by atoms with Crippen LogP contribution in [0, 0.1) is 17.8 Å². The Morgan fingerprint density at radius 2 is 2.08 bits per heavy atom. The minimum absolute atomic E-state index is 0.0332. The first-order chi connectivity index (χ1) is 6.24. The van der Waals surface area contributed by atoms with E-state index in [-0.39, 0.29) is 5.92 Å². The van der Waals surface area contributed by atoms with Gasteiger partial charge in [0.2, 0.25) is 0 Å². The first-order valence-corrected chi connectivity index (χ1v) is 4.89. The van der Waals surface area contributed by atoms with E-state index >= 15 is 0 Å². The van der Waals surface area contributed by atoms with E-state index in [2.05, 4.69) is 4.90 Å². The molecule has 0 bridgehead atoms. The third-order valence-corrected chi connectivity index (χ3v) is 3.23. The molecule has 2 rings (SSSR count). The topological polar surface area (TPSA) is 66.6 Å². The van der Waals surface area contributed by atoms with Crippen LogP contribution in [-0.4, -0.2) is 42.2 Å². The number of hydrogen-bond acceptors (Lipinski definition) is 3. The van der Waals surface area contributed by atoms with Crippen molar-refractivity contribution < 1.29 is 9.90 Å². The summed E-state index contributed by atoms with van der Waals surface area (Å²) in [6, 6.07) is 0. The van der Waals surface area contributed by atoms with E-state index in [1.54, 1.807) is 0 Å². The molecule has 0 spiro atoms. The molecule has 2 unspecified atom stereocenters. The minimum atomic E-state index is -0.603. The van der Waals surface area contributed by atoms with Gasteiger partial charge in [0.15, 0.2) is 0 Å². The van der Waals surface area contributed by atoms with Crippen molar-refractivity contribution in [2.75, 3.05) is 26.2 Å². The maximum Gasteiger partial charge on any atom is 0.307 e. The Morgan fingerprint density at radius 1 is 1.46 bits per heavy atom. The third-order valence-electron chi connectivity index (χ3n) is 3.23. The number of fused-ring (bicyclic) bond motifs is 1. The van der Waals surface area contributed by atoms with E-state index in [0.717, 1.165) is 32.6 Å². The van der Waals surface area contributed by atoms with Gasteiger partial charge in [-0.25, -0.2) is 0 Å². The molecule has 0 aromatic rings. The van der Waals surface area contributed by atoms with Gasteiger partial charge in [-0.15, -0.1) is 0 Å². The van der Waals surface area contributed by atoms with Crippen LogP contribution in [0.1, 0.15) is 6.42 Å². The van der Waals surface area contributed by atoms with E-state index in [4.69, 9.17) is 10.8 Å². The molecule has 4 nitrogen and oxygen atoms in total. The molecule has 3 N–H and O–H groups in total. The van der Waals surface area contributed by atoms with Gasteiger partial charge < -0.3 is 15.7 Å². The second-order valence-electron chi connectivity index (χ2n) is 4.09. The first kappa shape index (κ1) is 8.97. The normalized spacial score (nSPS) is 37.5. The Kier molecular flexibility index (Phi) is 2.26. The van der Waals surface area contributed by atoms with Crippen LogP contribution in [0.15, 0.2) is 0 Å². The Labute approximate surface area is 77.7 Å². The number of rotatable bonds is 4. The standard InChI is InChI=1S/C9H16N2O2/c10-2-1-3-11-4-6-7(5-11)8(6)9(12)13/h6-8H,1-5,10H2,(H,12,13). The molecule has 2 atom stereocenters. The summed E-state index contributed by atoms with van der Waals surface area (Å²) in [7, 11) is 0. The summed E-state index contributed by atoms with van der Waals surface area (Å²) < 4.78 is 0. The molecule has 0 radical (unpaired) electrons. The monoisotopic (exact) mass is 184 g/mol. The van der Waals surface area contributed by atoms with Crippen molar-refractivity contribution in [2.45, 2.75) is 6.42 Å². The van der Waals surface area contributed by atoms with Gasteiger partial charge in [0.05, 0.1) is 5.92 Å². The SMILES string of the molecule is NCCCN1CC2C(C1)C2C(=O)O. The van der Waals surface area contributed by atoms with Gasteiger partial charge in [0.1, 0.15) is 0 Å². The lowest BCUT2D eigenvalue weighted by Gasteiger charge is -2.17. The molecule has 2 aliphatic rings. The van der Waals surface area contributed by atoms with Crippen LogP contribution in [0.5, 0.6) is 0 Å². The number of carboxylic acid groups (broad SMARTS) is 1. The predicted octanol–water partition coefficient (Wildman–Crippen LogP) is -0.402. The Balaban J connectivity index is 1.74. The number of aliphatic carboxylic acids is 1. The van der Waals surface area contributed by atoms with Gasteiger partial charge in [-0.2, -0.15) is 0 Å². The average molecular weight is 184 g/mol. The summed E-state index contributed by atoms with van der Waals surface area (Å²) in [6.07, 6.45) is 1.02. The van der Waals surface area contributed by atoms with E-state index in [1.165, 1.54) is 0 Å². The van der Waals surface area contributed by atoms with Crippen molar-refractivity contribution in [3.63, 3.8) is 0 Å². The van der Waals surface area contributed by atoms with E-state index in [9.17, 15) is 4.79 Å². The lowest BCUT2D eigenvalue weighted by atomic mass is 10.2. The number of carbonyl (C=O) groups is 1. The summed E-state index contributed by atoms with van der Waals surface area (Å²) in [6.45, 7) is 3.72. The zero-order valence-corrected chi connectivity index (χ0v) is 7.65. The molecule has 0 aromatic carbocycles.